The Bertz CT molecular complexity index is 1830. The quantitative estimate of drug-likeness (QED) is 0.150. The average molecular weight is 597 g/mol. The van der Waals surface area contributed by atoms with Crippen LogP contribution >= 0.6 is 0 Å². The highest BCUT2D eigenvalue weighted by Gasteiger charge is 2.21. The Morgan fingerprint density at radius 1 is 0.523 bits per heavy atom. The van der Waals surface area contributed by atoms with Crippen molar-refractivity contribution in [2.75, 3.05) is 10.6 Å². The minimum Gasteiger partial charge on any atom is -0.478 e. The number of hydrogen-bond acceptors (Lipinski definition) is 8. The highest BCUT2D eigenvalue weighted by molar-refractivity contribution is 6.16. The summed E-state index contributed by atoms with van der Waals surface area (Å²) in [6, 6.07) is 19.9. The van der Waals surface area contributed by atoms with Crippen LogP contribution in [0.3, 0.4) is 0 Å². The molecular formula is C32H24N2O10. The van der Waals surface area contributed by atoms with Crippen molar-refractivity contribution in [2.24, 2.45) is 0 Å². The molecule has 0 spiro atoms. The summed E-state index contributed by atoms with van der Waals surface area (Å²) >= 11 is 0. The number of carboxylic acid groups (broad SMARTS) is 2. The van der Waals surface area contributed by atoms with Crippen LogP contribution in [0, 0.1) is 0 Å². The lowest BCUT2D eigenvalue weighted by Gasteiger charge is -2.14. The molecule has 0 heterocycles. The zero-order chi connectivity index (χ0) is 32.0. The van der Waals surface area contributed by atoms with E-state index in [-0.39, 0.29) is 39.6 Å². The highest BCUT2D eigenvalue weighted by Crippen LogP contribution is 2.28. The van der Waals surface area contributed by atoms with Crippen molar-refractivity contribution in [1.82, 2.24) is 0 Å². The van der Waals surface area contributed by atoms with Crippen LogP contribution in [-0.4, -0.2) is 45.9 Å². The molecular weight excluding hydrogens is 572 g/mol. The molecule has 2 amide bonds. The molecule has 0 saturated carbocycles. The molecule has 4 N–H and O–H groups in total. The molecule has 12 nitrogen and oxygen atoms in total. The molecule has 0 unspecified atom stereocenters. The SMILES string of the molecule is CC(=O)Oc1cccc(NC(=O)c2ccc(-c3ccc(C(=O)O)c(C(=O)O)c3)cc2C(=O)Nc2cccc(OC(C)=O)c2)c1. The fourth-order valence-corrected chi connectivity index (χ4v) is 4.20. The summed E-state index contributed by atoms with van der Waals surface area (Å²) in [5, 5.41) is 24.2. The van der Waals surface area contributed by atoms with Gasteiger partial charge in [0.2, 0.25) is 0 Å². The number of carbonyl (C=O) groups is 6. The minimum atomic E-state index is -1.46. The topological polar surface area (TPSA) is 185 Å². The summed E-state index contributed by atoms with van der Waals surface area (Å²) in [6.45, 7) is 2.45. The van der Waals surface area contributed by atoms with Crippen LogP contribution in [0.5, 0.6) is 11.5 Å². The van der Waals surface area contributed by atoms with Crippen LogP contribution in [0.2, 0.25) is 0 Å². The maximum Gasteiger partial charge on any atom is 0.336 e. The van der Waals surface area contributed by atoms with Crippen molar-refractivity contribution in [2.45, 2.75) is 13.8 Å². The second kappa shape index (κ2) is 13.1. The van der Waals surface area contributed by atoms with E-state index in [0.29, 0.717) is 5.56 Å². The van der Waals surface area contributed by atoms with Gasteiger partial charge in [0, 0.05) is 37.4 Å². The molecule has 4 aromatic carbocycles. The first-order valence-electron chi connectivity index (χ1n) is 12.9. The number of nitrogens with one attached hydrogen (secondary N) is 2. The fourth-order valence-electron chi connectivity index (χ4n) is 4.20. The molecule has 0 atom stereocenters. The molecule has 222 valence electrons. The van der Waals surface area contributed by atoms with Crippen LogP contribution in [0.4, 0.5) is 11.4 Å². The molecule has 0 bridgehead atoms. The molecule has 0 aliphatic rings. The van der Waals surface area contributed by atoms with Crippen LogP contribution in [0.15, 0.2) is 84.9 Å². The predicted octanol–water partition coefficient (Wildman–Crippen LogP) is 5.11. The average Bonchev–Trinajstić information content (AvgIpc) is 2.96. The molecule has 0 aliphatic carbocycles. The second-order valence-corrected chi connectivity index (χ2v) is 9.28. The van der Waals surface area contributed by atoms with Gasteiger partial charge in [-0.25, -0.2) is 9.59 Å². The Hall–Kier alpha value is -6.30. The van der Waals surface area contributed by atoms with Gasteiger partial charge in [-0.2, -0.15) is 0 Å². The number of hydrogen-bond donors (Lipinski definition) is 4. The fraction of sp³-hybridized carbons (Fsp3) is 0.0625. The first-order valence-corrected chi connectivity index (χ1v) is 12.9. The number of benzene rings is 4. The molecule has 0 saturated heterocycles. The number of aromatic carboxylic acids is 2. The molecule has 0 aliphatic heterocycles. The van der Waals surface area contributed by atoms with Gasteiger partial charge in [0.25, 0.3) is 11.8 Å². The standard InChI is InChI=1S/C32H24N2O10/c1-17(35)43-23-7-3-5-21(15-23)33-29(37)25-11-9-19(20-10-12-26(31(39)40)28(14-20)32(41)42)13-27(25)30(38)34-22-6-4-8-24(16-22)44-18(2)36/h3-16H,1-2H3,(H,33,37)(H,34,38)(H,39,40)(H,41,42). The lowest BCUT2D eigenvalue weighted by molar-refractivity contribution is -0.132. The van der Waals surface area contributed by atoms with Crippen molar-refractivity contribution in [3.05, 3.63) is 107 Å². The number of anilines is 2. The number of esters is 2. The van der Waals surface area contributed by atoms with Crippen LogP contribution in [-0.2, 0) is 9.59 Å². The van der Waals surface area contributed by atoms with Gasteiger partial charge in [-0.05, 0) is 59.7 Å². The van der Waals surface area contributed by atoms with E-state index in [1.165, 1.54) is 62.4 Å². The molecule has 12 heteroatoms. The van der Waals surface area contributed by atoms with E-state index < -0.39 is 46.8 Å². The summed E-state index contributed by atoms with van der Waals surface area (Å²) in [7, 11) is 0. The Kier molecular flexibility index (Phi) is 9.14. The molecule has 4 aromatic rings. The second-order valence-electron chi connectivity index (χ2n) is 9.28. The van der Waals surface area contributed by atoms with E-state index in [4.69, 9.17) is 9.47 Å². The van der Waals surface area contributed by atoms with Gasteiger partial charge < -0.3 is 30.3 Å². The lowest BCUT2D eigenvalue weighted by atomic mass is 9.95. The van der Waals surface area contributed by atoms with Crippen molar-refractivity contribution in [3.8, 4) is 22.6 Å². The Morgan fingerprint density at radius 2 is 0.955 bits per heavy atom. The number of carboxylic acids is 2. The summed E-state index contributed by atoms with van der Waals surface area (Å²) in [4.78, 5) is 72.9. The van der Waals surface area contributed by atoms with Gasteiger partial charge in [-0.15, -0.1) is 0 Å². The van der Waals surface area contributed by atoms with Gasteiger partial charge in [0.05, 0.1) is 22.3 Å². The molecule has 0 fully saturated rings. The Balaban J connectivity index is 1.75. The van der Waals surface area contributed by atoms with E-state index in [0.717, 1.165) is 12.1 Å². The monoisotopic (exact) mass is 596 g/mol. The Morgan fingerprint density at radius 3 is 1.41 bits per heavy atom. The molecule has 0 aromatic heterocycles. The van der Waals surface area contributed by atoms with E-state index >= 15 is 0 Å². The number of ether oxygens (including phenoxy) is 2. The highest BCUT2D eigenvalue weighted by atomic mass is 16.5. The van der Waals surface area contributed by atoms with E-state index in [2.05, 4.69) is 10.6 Å². The smallest absolute Gasteiger partial charge is 0.336 e. The summed E-state index contributed by atoms with van der Waals surface area (Å²) in [6.07, 6.45) is 0. The third-order valence-electron chi connectivity index (χ3n) is 6.03. The number of amides is 2. The van der Waals surface area contributed by atoms with Gasteiger partial charge in [0.1, 0.15) is 11.5 Å². The van der Waals surface area contributed by atoms with Gasteiger partial charge >= 0.3 is 23.9 Å². The van der Waals surface area contributed by atoms with Gasteiger partial charge in [-0.1, -0.05) is 24.3 Å². The lowest BCUT2D eigenvalue weighted by Crippen LogP contribution is -2.20. The summed E-state index contributed by atoms with van der Waals surface area (Å²) in [5.74, 6) is -5.05. The van der Waals surface area contributed by atoms with Crippen LogP contribution in [0.25, 0.3) is 11.1 Å². The normalized spacial score (nSPS) is 10.3. The largest absolute Gasteiger partial charge is 0.478 e. The Labute approximate surface area is 249 Å². The maximum atomic E-state index is 13.6. The first kappa shape index (κ1) is 30.7. The number of carbonyl (C=O) groups excluding carboxylic acids is 4. The van der Waals surface area contributed by atoms with Crippen molar-refractivity contribution in [1.29, 1.82) is 0 Å². The number of rotatable bonds is 9. The zero-order valence-electron chi connectivity index (χ0n) is 23.2. The van der Waals surface area contributed by atoms with E-state index in [1.54, 1.807) is 24.3 Å². The predicted molar refractivity (Wildman–Crippen MR) is 157 cm³/mol. The maximum absolute atomic E-state index is 13.6. The molecule has 44 heavy (non-hydrogen) atoms. The van der Waals surface area contributed by atoms with Crippen LogP contribution in [0.1, 0.15) is 55.3 Å². The van der Waals surface area contributed by atoms with E-state index in [9.17, 15) is 39.0 Å². The van der Waals surface area contributed by atoms with Crippen molar-refractivity contribution < 1.29 is 48.5 Å². The van der Waals surface area contributed by atoms with Gasteiger partial charge in [0.15, 0.2) is 0 Å². The van der Waals surface area contributed by atoms with Crippen LogP contribution < -0.4 is 20.1 Å². The minimum absolute atomic E-state index is 0.0686. The first-order chi connectivity index (χ1) is 20.9. The molecule has 0 radical (unpaired) electrons. The summed E-state index contributed by atoms with van der Waals surface area (Å²) in [5.41, 5.74) is 0.0499. The van der Waals surface area contributed by atoms with Gasteiger partial charge in [-0.3, -0.25) is 19.2 Å². The van der Waals surface area contributed by atoms with Crippen molar-refractivity contribution in [3.63, 3.8) is 0 Å². The van der Waals surface area contributed by atoms with E-state index in [1.807, 2.05) is 0 Å². The van der Waals surface area contributed by atoms with Crippen molar-refractivity contribution >= 4 is 47.1 Å². The molecule has 4 rings (SSSR count). The third kappa shape index (κ3) is 7.50. The third-order valence-corrected chi connectivity index (χ3v) is 6.03. The zero-order valence-corrected chi connectivity index (χ0v) is 23.2. The summed E-state index contributed by atoms with van der Waals surface area (Å²) < 4.78 is 10.1.